The summed E-state index contributed by atoms with van der Waals surface area (Å²) in [5.74, 6) is 0.971. The van der Waals surface area contributed by atoms with Crippen molar-refractivity contribution >= 4 is 17.5 Å². The van der Waals surface area contributed by atoms with Gasteiger partial charge in [0.2, 0.25) is 0 Å². The molecule has 0 bridgehead atoms. The zero-order chi connectivity index (χ0) is 15.5. The van der Waals surface area contributed by atoms with Crippen molar-refractivity contribution in [2.75, 3.05) is 0 Å². The molecule has 1 fully saturated rings. The van der Waals surface area contributed by atoms with Crippen molar-refractivity contribution in [1.29, 1.82) is 0 Å². The molecule has 3 atom stereocenters. The van der Waals surface area contributed by atoms with Gasteiger partial charge in [-0.15, -0.1) is 0 Å². The summed E-state index contributed by atoms with van der Waals surface area (Å²) < 4.78 is 17.6. The summed E-state index contributed by atoms with van der Waals surface area (Å²) in [7, 11) is 0. The van der Waals surface area contributed by atoms with Crippen molar-refractivity contribution in [2.24, 2.45) is 5.92 Å². The summed E-state index contributed by atoms with van der Waals surface area (Å²) >= 11 is 5.23. The molecule has 0 N–H and O–H groups in total. The molecular weight excluding hydrogens is 284 g/mol. The van der Waals surface area contributed by atoms with Crippen molar-refractivity contribution in [2.45, 2.75) is 58.3 Å². The fourth-order valence-corrected chi connectivity index (χ4v) is 3.44. The minimum absolute atomic E-state index is 0.0113. The van der Waals surface area contributed by atoms with Crippen LogP contribution in [0, 0.1) is 5.92 Å². The van der Waals surface area contributed by atoms with Crippen molar-refractivity contribution in [1.82, 2.24) is 0 Å². The first-order valence-corrected chi connectivity index (χ1v) is 8.04. The first-order valence-electron chi connectivity index (χ1n) is 7.63. The number of hydrogen-bond donors (Lipinski definition) is 0. The highest BCUT2D eigenvalue weighted by Crippen LogP contribution is 2.42. The second-order valence-corrected chi connectivity index (χ2v) is 5.96. The monoisotopic (exact) mass is 308 g/mol. The van der Waals surface area contributed by atoms with Crippen molar-refractivity contribution in [3.63, 3.8) is 0 Å². The number of thiocarbonyl (C=S) groups is 1. The van der Waals surface area contributed by atoms with Crippen LogP contribution < -0.4 is 4.74 Å². The van der Waals surface area contributed by atoms with Crippen LogP contribution in [0.1, 0.15) is 40.5 Å². The molecule has 4 heteroatoms. The molecule has 1 aliphatic rings. The Hall–Kier alpha value is -1.13. The number of rotatable bonds is 4. The van der Waals surface area contributed by atoms with Gasteiger partial charge >= 0.3 is 5.24 Å². The zero-order valence-corrected chi connectivity index (χ0v) is 14.0. The van der Waals surface area contributed by atoms with Gasteiger partial charge in [0.1, 0.15) is 11.9 Å². The molecule has 0 aromatic heterocycles. The third-order valence-electron chi connectivity index (χ3n) is 4.58. The van der Waals surface area contributed by atoms with Gasteiger partial charge in [0.25, 0.3) is 0 Å². The smallest absolute Gasteiger partial charge is 0.358 e. The zero-order valence-electron chi connectivity index (χ0n) is 13.2. The minimum atomic E-state index is -0.119. The highest BCUT2D eigenvalue weighted by molar-refractivity contribution is 7.79. The summed E-state index contributed by atoms with van der Waals surface area (Å²) in [6.07, 6.45) is 1.89. The van der Waals surface area contributed by atoms with Crippen LogP contribution in [0.2, 0.25) is 0 Å². The molecule has 3 nitrogen and oxygen atoms in total. The van der Waals surface area contributed by atoms with Crippen LogP contribution in [0.4, 0.5) is 0 Å². The van der Waals surface area contributed by atoms with Gasteiger partial charge in [0, 0.05) is 18.1 Å². The standard InChI is InChI=1S/C17H24O3S/c1-5-17(6-2)12(3)15(13(4)20-17)19-16(21)18-14-10-8-7-9-11-14/h7-13,15H,5-6H2,1-4H3/t12-,13+,15-/m1/s1. The largest absolute Gasteiger partial charge is 0.450 e. The fourth-order valence-electron chi connectivity index (χ4n) is 3.23. The lowest BCUT2D eigenvalue weighted by molar-refractivity contribution is -0.0578. The van der Waals surface area contributed by atoms with Crippen LogP contribution >= 0.6 is 12.2 Å². The van der Waals surface area contributed by atoms with Gasteiger partial charge in [-0.2, -0.15) is 0 Å². The lowest BCUT2D eigenvalue weighted by atomic mass is 9.82. The molecule has 0 radical (unpaired) electrons. The van der Waals surface area contributed by atoms with Crippen molar-refractivity contribution in [3.8, 4) is 5.75 Å². The third kappa shape index (κ3) is 3.38. The Bertz CT molecular complexity index is 470. The normalized spacial score (nSPS) is 27.3. The molecule has 0 aliphatic carbocycles. The van der Waals surface area contributed by atoms with E-state index in [2.05, 4.69) is 20.8 Å². The van der Waals surface area contributed by atoms with Gasteiger partial charge in [0.05, 0.1) is 11.7 Å². The molecule has 0 unspecified atom stereocenters. The Morgan fingerprint density at radius 3 is 2.33 bits per heavy atom. The van der Waals surface area contributed by atoms with Crippen LogP contribution in [0.25, 0.3) is 0 Å². The topological polar surface area (TPSA) is 27.7 Å². The minimum Gasteiger partial charge on any atom is -0.450 e. The molecule has 1 aliphatic heterocycles. The number of ether oxygens (including phenoxy) is 3. The van der Waals surface area contributed by atoms with E-state index in [1.54, 1.807) is 0 Å². The molecule has 0 saturated carbocycles. The van der Waals surface area contributed by atoms with E-state index < -0.39 is 0 Å². The van der Waals surface area contributed by atoms with E-state index in [4.69, 9.17) is 26.4 Å². The van der Waals surface area contributed by atoms with Gasteiger partial charge in [-0.1, -0.05) is 39.0 Å². The molecule has 1 aromatic rings. The Labute approximate surface area is 132 Å². The molecule has 116 valence electrons. The number of para-hydroxylation sites is 1. The number of benzene rings is 1. The lowest BCUT2D eigenvalue weighted by Gasteiger charge is -2.31. The maximum atomic E-state index is 6.18. The second kappa shape index (κ2) is 6.75. The van der Waals surface area contributed by atoms with Gasteiger partial charge < -0.3 is 14.2 Å². The summed E-state index contributed by atoms with van der Waals surface area (Å²) in [6.45, 7) is 8.54. The van der Waals surface area contributed by atoms with E-state index in [1.165, 1.54) is 0 Å². The average Bonchev–Trinajstić information content (AvgIpc) is 2.73. The Morgan fingerprint density at radius 2 is 1.81 bits per heavy atom. The molecule has 1 saturated heterocycles. The molecule has 21 heavy (non-hydrogen) atoms. The second-order valence-electron chi connectivity index (χ2n) is 5.63. The predicted molar refractivity (Wildman–Crippen MR) is 87.6 cm³/mol. The highest BCUT2D eigenvalue weighted by atomic mass is 32.1. The maximum absolute atomic E-state index is 6.18. The first kappa shape index (κ1) is 16.2. The van der Waals surface area contributed by atoms with E-state index in [0.717, 1.165) is 12.8 Å². The van der Waals surface area contributed by atoms with E-state index in [0.29, 0.717) is 5.75 Å². The summed E-state index contributed by atoms with van der Waals surface area (Å²) in [6, 6.07) is 9.46. The predicted octanol–water partition coefficient (Wildman–Crippen LogP) is 4.35. The van der Waals surface area contributed by atoms with Crippen LogP contribution in [0.5, 0.6) is 5.75 Å². The summed E-state index contributed by atoms with van der Waals surface area (Å²) in [5.41, 5.74) is -0.119. The Balaban J connectivity index is 2.01. The van der Waals surface area contributed by atoms with E-state index in [1.807, 2.05) is 37.3 Å². The number of hydrogen-bond acceptors (Lipinski definition) is 4. The van der Waals surface area contributed by atoms with Crippen LogP contribution in [0.3, 0.4) is 0 Å². The van der Waals surface area contributed by atoms with Crippen LogP contribution in [0.15, 0.2) is 30.3 Å². The van der Waals surface area contributed by atoms with Gasteiger partial charge in [-0.25, -0.2) is 0 Å². The molecule has 1 aromatic carbocycles. The molecular formula is C17H24O3S. The quantitative estimate of drug-likeness (QED) is 0.773. The van der Waals surface area contributed by atoms with Crippen molar-refractivity contribution in [3.05, 3.63) is 30.3 Å². The average molecular weight is 308 g/mol. The highest BCUT2D eigenvalue weighted by Gasteiger charge is 2.50. The van der Waals surface area contributed by atoms with E-state index >= 15 is 0 Å². The van der Waals surface area contributed by atoms with Crippen LogP contribution in [-0.4, -0.2) is 23.0 Å². The third-order valence-corrected chi connectivity index (χ3v) is 4.76. The summed E-state index contributed by atoms with van der Waals surface area (Å²) in [4.78, 5) is 0. The summed E-state index contributed by atoms with van der Waals surface area (Å²) in [5, 5.41) is 0.163. The molecule has 0 spiro atoms. The molecule has 1 heterocycles. The molecule has 2 rings (SSSR count). The van der Waals surface area contributed by atoms with Gasteiger partial charge in [0.15, 0.2) is 0 Å². The first-order chi connectivity index (χ1) is 10.0. The van der Waals surface area contributed by atoms with E-state index in [9.17, 15) is 0 Å². The fraction of sp³-hybridized carbons (Fsp3) is 0.588. The maximum Gasteiger partial charge on any atom is 0.358 e. The van der Waals surface area contributed by atoms with Gasteiger partial charge in [-0.05, 0) is 31.9 Å². The van der Waals surface area contributed by atoms with Crippen LogP contribution in [-0.2, 0) is 9.47 Å². The SMILES string of the molecule is CCC1(CC)O[C@@H](C)[C@H](OC(=S)Oc2ccccc2)[C@H]1C. The van der Waals surface area contributed by atoms with Crippen molar-refractivity contribution < 1.29 is 14.2 Å². The lowest BCUT2D eigenvalue weighted by Crippen LogP contribution is -2.37. The van der Waals surface area contributed by atoms with E-state index in [-0.39, 0.29) is 29.0 Å². The van der Waals surface area contributed by atoms with Gasteiger partial charge in [-0.3, -0.25) is 0 Å². The Kier molecular flexibility index (Phi) is 5.22. The molecule has 0 amide bonds. The Morgan fingerprint density at radius 1 is 1.19 bits per heavy atom.